The number of halogens is 1. The van der Waals surface area contributed by atoms with Crippen LogP contribution in [0, 0.1) is 12.7 Å². The van der Waals surface area contributed by atoms with E-state index in [1.54, 1.807) is 24.4 Å². The van der Waals surface area contributed by atoms with Gasteiger partial charge < -0.3 is 15.5 Å². The maximum absolute atomic E-state index is 13.3. The molecule has 7 nitrogen and oxygen atoms in total. The zero-order chi connectivity index (χ0) is 24.3. The quantitative estimate of drug-likeness (QED) is 0.482. The summed E-state index contributed by atoms with van der Waals surface area (Å²) < 4.78 is 13.3. The number of hydrogen-bond donors (Lipinski definition) is 2. The van der Waals surface area contributed by atoms with E-state index in [2.05, 4.69) is 15.6 Å². The molecule has 3 amide bonds. The van der Waals surface area contributed by atoms with Crippen LogP contribution in [-0.4, -0.2) is 34.2 Å². The number of aryl methyl sites for hydroxylation is 1. The third kappa shape index (κ3) is 8.12. The molecule has 0 aliphatic carbocycles. The fraction of sp³-hybridized carbons (Fsp3) is 0.231. The van der Waals surface area contributed by atoms with Crippen molar-refractivity contribution in [2.75, 3.05) is 11.9 Å². The molecule has 1 aromatic heterocycles. The Hall–Kier alpha value is -4.07. The summed E-state index contributed by atoms with van der Waals surface area (Å²) in [5.41, 5.74) is 2.57. The summed E-state index contributed by atoms with van der Waals surface area (Å²) in [5, 5.41) is 5.47. The van der Waals surface area contributed by atoms with E-state index in [0.29, 0.717) is 17.9 Å². The minimum Gasteiger partial charge on any atom is -0.350 e. The number of amides is 3. The van der Waals surface area contributed by atoms with Gasteiger partial charge in [-0.05, 0) is 47.9 Å². The van der Waals surface area contributed by atoms with Gasteiger partial charge in [0.2, 0.25) is 17.7 Å². The van der Waals surface area contributed by atoms with Crippen LogP contribution in [0.5, 0.6) is 0 Å². The van der Waals surface area contributed by atoms with Gasteiger partial charge in [0, 0.05) is 32.1 Å². The molecule has 0 fully saturated rings. The van der Waals surface area contributed by atoms with Gasteiger partial charge in [-0.3, -0.25) is 14.4 Å². The van der Waals surface area contributed by atoms with E-state index in [1.165, 1.54) is 17.0 Å². The average Bonchev–Trinajstić information content (AvgIpc) is 2.83. The highest BCUT2D eigenvalue weighted by molar-refractivity contribution is 5.93. The molecular weight excluding hydrogens is 435 g/mol. The van der Waals surface area contributed by atoms with Gasteiger partial charge in [-0.2, -0.15) is 0 Å². The number of carbonyl (C=O) groups is 3. The second kappa shape index (κ2) is 12.2. The standard InChI is InChI=1S/C26H27FN4O3/c1-19-13-14-28-23(15-19)30-24(32)11-12-26(34)31(17-21-7-9-22(27)10-8-21)18-25(33)29-16-20-5-3-2-4-6-20/h2-10,13-15H,11-12,16-18H2,1H3,(H,29,33)(H,28,30,32). The molecule has 8 heteroatoms. The molecule has 176 valence electrons. The first kappa shape index (κ1) is 24.6. The molecule has 0 bridgehead atoms. The lowest BCUT2D eigenvalue weighted by atomic mass is 10.2. The minimum atomic E-state index is -0.386. The number of anilines is 1. The van der Waals surface area contributed by atoms with Crippen LogP contribution in [0.25, 0.3) is 0 Å². The van der Waals surface area contributed by atoms with Crippen molar-refractivity contribution in [2.45, 2.75) is 32.9 Å². The predicted molar refractivity (Wildman–Crippen MR) is 127 cm³/mol. The first-order chi connectivity index (χ1) is 16.4. The second-order valence-corrected chi connectivity index (χ2v) is 7.91. The molecule has 1 heterocycles. The molecule has 0 saturated carbocycles. The van der Waals surface area contributed by atoms with E-state index in [4.69, 9.17) is 0 Å². The first-order valence-electron chi connectivity index (χ1n) is 10.9. The van der Waals surface area contributed by atoms with Crippen LogP contribution >= 0.6 is 0 Å². The Bertz CT molecular complexity index is 1120. The van der Waals surface area contributed by atoms with Crippen LogP contribution in [-0.2, 0) is 27.5 Å². The van der Waals surface area contributed by atoms with Crippen molar-refractivity contribution < 1.29 is 18.8 Å². The van der Waals surface area contributed by atoms with Crippen molar-refractivity contribution in [3.63, 3.8) is 0 Å². The lowest BCUT2D eigenvalue weighted by molar-refractivity contribution is -0.137. The fourth-order valence-electron chi connectivity index (χ4n) is 3.26. The van der Waals surface area contributed by atoms with Gasteiger partial charge in [-0.25, -0.2) is 9.37 Å². The number of hydrogen-bond acceptors (Lipinski definition) is 4. The Morgan fingerprint density at radius 3 is 2.35 bits per heavy atom. The van der Waals surface area contributed by atoms with Crippen molar-refractivity contribution in [3.05, 3.63) is 95.4 Å². The number of carbonyl (C=O) groups excluding carboxylic acids is 3. The highest BCUT2D eigenvalue weighted by Crippen LogP contribution is 2.11. The number of nitrogens with zero attached hydrogens (tertiary/aromatic N) is 2. The molecule has 0 unspecified atom stereocenters. The molecule has 0 atom stereocenters. The first-order valence-corrected chi connectivity index (χ1v) is 10.9. The Labute approximate surface area is 198 Å². The Morgan fingerprint density at radius 1 is 0.912 bits per heavy atom. The third-order valence-electron chi connectivity index (χ3n) is 5.06. The average molecular weight is 463 g/mol. The Morgan fingerprint density at radius 2 is 1.65 bits per heavy atom. The number of benzene rings is 2. The topological polar surface area (TPSA) is 91.4 Å². The summed E-state index contributed by atoms with van der Waals surface area (Å²) in [7, 11) is 0. The van der Waals surface area contributed by atoms with E-state index in [9.17, 15) is 18.8 Å². The van der Waals surface area contributed by atoms with E-state index < -0.39 is 0 Å². The number of aromatic nitrogens is 1. The molecule has 0 spiro atoms. The zero-order valence-electron chi connectivity index (χ0n) is 19.0. The monoisotopic (exact) mass is 462 g/mol. The summed E-state index contributed by atoms with van der Waals surface area (Å²) in [4.78, 5) is 43.2. The molecular formula is C26H27FN4O3. The Kier molecular flexibility index (Phi) is 8.85. The fourth-order valence-corrected chi connectivity index (χ4v) is 3.26. The van der Waals surface area contributed by atoms with E-state index >= 15 is 0 Å². The summed E-state index contributed by atoms with van der Waals surface area (Å²) in [5.74, 6) is -0.995. The van der Waals surface area contributed by atoms with Crippen LogP contribution < -0.4 is 10.6 Å². The molecule has 0 aliphatic heterocycles. The van der Waals surface area contributed by atoms with Crippen molar-refractivity contribution in [1.82, 2.24) is 15.2 Å². The molecule has 2 aromatic carbocycles. The van der Waals surface area contributed by atoms with Crippen LogP contribution in [0.15, 0.2) is 72.9 Å². The van der Waals surface area contributed by atoms with Gasteiger partial charge >= 0.3 is 0 Å². The molecule has 34 heavy (non-hydrogen) atoms. The van der Waals surface area contributed by atoms with Crippen molar-refractivity contribution >= 4 is 23.5 Å². The van der Waals surface area contributed by atoms with E-state index in [1.807, 2.05) is 43.3 Å². The smallest absolute Gasteiger partial charge is 0.239 e. The molecule has 0 radical (unpaired) electrons. The van der Waals surface area contributed by atoms with Crippen LogP contribution in [0.3, 0.4) is 0 Å². The summed E-state index contributed by atoms with van der Waals surface area (Å²) in [6.45, 7) is 2.17. The maximum atomic E-state index is 13.3. The summed E-state index contributed by atoms with van der Waals surface area (Å²) in [6, 6.07) is 18.7. The largest absolute Gasteiger partial charge is 0.350 e. The maximum Gasteiger partial charge on any atom is 0.239 e. The molecule has 0 saturated heterocycles. The normalized spacial score (nSPS) is 10.4. The SMILES string of the molecule is Cc1ccnc(NC(=O)CCC(=O)N(CC(=O)NCc2ccccc2)Cc2ccc(F)cc2)c1. The van der Waals surface area contributed by atoms with Crippen LogP contribution in [0.1, 0.15) is 29.5 Å². The molecule has 3 rings (SSSR count). The summed E-state index contributed by atoms with van der Waals surface area (Å²) >= 11 is 0. The van der Waals surface area contributed by atoms with Gasteiger partial charge in [0.15, 0.2) is 0 Å². The second-order valence-electron chi connectivity index (χ2n) is 7.91. The zero-order valence-corrected chi connectivity index (χ0v) is 19.0. The molecule has 2 N–H and O–H groups in total. The van der Waals surface area contributed by atoms with Crippen molar-refractivity contribution in [2.24, 2.45) is 0 Å². The highest BCUT2D eigenvalue weighted by atomic mass is 19.1. The van der Waals surface area contributed by atoms with Gasteiger partial charge in [-0.1, -0.05) is 42.5 Å². The van der Waals surface area contributed by atoms with Gasteiger partial charge in [0.05, 0.1) is 6.54 Å². The molecule has 0 aliphatic rings. The van der Waals surface area contributed by atoms with Crippen molar-refractivity contribution in [3.8, 4) is 0 Å². The Balaban J connectivity index is 1.59. The van der Waals surface area contributed by atoms with Crippen LogP contribution in [0.2, 0.25) is 0 Å². The highest BCUT2D eigenvalue weighted by Gasteiger charge is 2.19. The molecule has 3 aromatic rings. The lowest BCUT2D eigenvalue weighted by Gasteiger charge is -2.22. The number of nitrogens with one attached hydrogen (secondary N) is 2. The third-order valence-corrected chi connectivity index (χ3v) is 5.06. The van der Waals surface area contributed by atoms with Crippen LogP contribution in [0.4, 0.5) is 10.2 Å². The summed E-state index contributed by atoms with van der Waals surface area (Å²) in [6.07, 6.45) is 1.46. The lowest BCUT2D eigenvalue weighted by Crippen LogP contribution is -2.40. The van der Waals surface area contributed by atoms with Crippen molar-refractivity contribution in [1.29, 1.82) is 0 Å². The van der Waals surface area contributed by atoms with E-state index in [-0.39, 0.29) is 49.5 Å². The van der Waals surface area contributed by atoms with Gasteiger partial charge in [0.1, 0.15) is 11.6 Å². The van der Waals surface area contributed by atoms with Gasteiger partial charge in [-0.15, -0.1) is 0 Å². The van der Waals surface area contributed by atoms with Gasteiger partial charge in [0.25, 0.3) is 0 Å². The minimum absolute atomic E-state index is 0.0555. The number of pyridine rings is 1. The predicted octanol–water partition coefficient (Wildman–Crippen LogP) is 3.59. The number of rotatable bonds is 10. The van der Waals surface area contributed by atoms with E-state index in [0.717, 1.165) is 11.1 Å².